The predicted octanol–water partition coefficient (Wildman–Crippen LogP) is 3.25. The average Bonchev–Trinajstić information content (AvgIpc) is 2.73. The summed E-state index contributed by atoms with van der Waals surface area (Å²) in [6.45, 7) is 10.4. The highest BCUT2D eigenvalue weighted by molar-refractivity contribution is 7.89. The number of nitrogens with one attached hydrogen (secondary N) is 1. The summed E-state index contributed by atoms with van der Waals surface area (Å²) in [5.74, 6) is 0.491. The number of benzene rings is 2. The van der Waals surface area contributed by atoms with Gasteiger partial charge in [0.25, 0.3) is 15.9 Å². The number of amides is 1. The summed E-state index contributed by atoms with van der Waals surface area (Å²) < 4.78 is 30.7. The van der Waals surface area contributed by atoms with Gasteiger partial charge in [0.15, 0.2) is 6.61 Å². The largest absolute Gasteiger partial charge is 0.484 e. The molecule has 2 aromatic carbocycles. The standard InChI is InChI=1S/C22H29N3O4S/c1-6-25(7-2)22(26)15-29-20-12-10-19(11-13-20)18(5)23-24-30(27,28)21-14-16(3)8-9-17(21)4/h8-14,24H,6-7,15H2,1-5H3/b23-18-. The molecule has 0 aromatic heterocycles. The molecule has 0 saturated heterocycles. The van der Waals surface area contributed by atoms with Crippen molar-refractivity contribution in [2.45, 2.75) is 39.5 Å². The van der Waals surface area contributed by atoms with Crippen LogP contribution in [0.3, 0.4) is 0 Å². The van der Waals surface area contributed by atoms with Crippen LogP contribution in [0.15, 0.2) is 52.5 Å². The number of ether oxygens (including phenoxy) is 1. The molecule has 7 nitrogen and oxygen atoms in total. The second kappa shape index (κ2) is 10.2. The van der Waals surface area contributed by atoms with E-state index in [0.29, 0.717) is 30.1 Å². The van der Waals surface area contributed by atoms with Gasteiger partial charge in [0.1, 0.15) is 5.75 Å². The number of aryl methyl sites for hydroxylation is 2. The lowest BCUT2D eigenvalue weighted by molar-refractivity contribution is -0.132. The Kier molecular flexibility index (Phi) is 8.00. The van der Waals surface area contributed by atoms with Crippen molar-refractivity contribution in [2.75, 3.05) is 19.7 Å². The zero-order valence-electron chi connectivity index (χ0n) is 18.1. The molecule has 0 radical (unpaired) electrons. The van der Waals surface area contributed by atoms with Crippen LogP contribution < -0.4 is 9.57 Å². The number of hydrogen-bond donors (Lipinski definition) is 1. The fourth-order valence-corrected chi connectivity index (χ4v) is 4.03. The van der Waals surface area contributed by atoms with E-state index in [1.807, 2.05) is 26.8 Å². The quantitative estimate of drug-likeness (QED) is 0.488. The molecule has 0 spiro atoms. The third kappa shape index (κ3) is 6.06. The topological polar surface area (TPSA) is 88.1 Å². The van der Waals surface area contributed by atoms with E-state index in [4.69, 9.17) is 4.74 Å². The number of carbonyl (C=O) groups excluding carboxylic acids is 1. The normalized spacial score (nSPS) is 11.8. The van der Waals surface area contributed by atoms with Gasteiger partial charge in [0, 0.05) is 13.1 Å². The Morgan fingerprint density at radius 1 is 1.07 bits per heavy atom. The first-order valence-corrected chi connectivity index (χ1v) is 11.3. The maximum Gasteiger partial charge on any atom is 0.276 e. The van der Waals surface area contributed by atoms with Crippen LogP contribution in [-0.2, 0) is 14.8 Å². The molecular weight excluding hydrogens is 402 g/mol. The molecule has 0 aliphatic rings. The van der Waals surface area contributed by atoms with Crippen LogP contribution in [0.2, 0.25) is 0 Å². The van der Waals surface area contributed by atoms with Crippen LogP contribution in [0, 0.1) is 13.8 Å². The number of hydrogen-bond acceptors (Lipinski definition) is 5. The van der Waals surface area contributed by atoms with E-state index >= 15 is 0 Å². The smallest absolute Gasteiger partial charge is 0.276 e. The minimum Gasteiger partial charge on any atom is -0.484 e. The zero-order chi connectivity index (χ0) is 22.3. The first kappa shape index (κ1) is 23.4. The molecule has 0 heterocycles. The molecule has 0 aliphatic heterocycles. The summed E-state index contributed by atoms with van der Waals surface area (Å²) in [5.41, 5.74) is 2.76. The van der Waals surface area contributed by atoms with Gasteiger partial charge in [0.2, 0.25) is 0 Å². The Labute approximate surface area is 178 Å². The molecule has 0 aliphatic carbocycles. The first-order valence-electron chi connectivity index (χ1n) is 9.82. The summed E-state index contributed by atoms with van der Waals surface area (Å²) >= 11 is 0. The summed E-state index contributed by atoms with van der Waals surface area (Å²) in [7, 11) is -3.76. The number of carbonyl (C=O) groups is 1. The van der Waals surface area contributed by atoms with Crippen LogP contribution in [0.4, 0.5) is 0 Å². The number of hydrazone groups is 1. The van der Waals surface area contributed by atoms with Gasteiger partial charge in [-0.1, -0.05) is 12.1 Å². The lowest BCUT2D eigenvalue weighted by Gasteiger charge is -2.18. The van der Waals surface area contributed by atoms with E-state index in [-0.39, 0.29) is 17.4 Å². The van der Waals surface area contributed by atoms with Crippen LogP contribution in [0.25, 0.3) is 0 Å². The Balaban J connectivity index is 2.05. The van der Waals surface area contributed by atoms with E-state index in [1.54, 1.807) is 55.1 Å². The molecule has 162 valence electrons. The average molecular weight is 432 g/mol. The second-order valence-electron chi connectivity index (χ2n) is 6.94. The van der Waals surface area contributed by atoms with E-state index in [9.17, 15) is 13.2 Å². The summed E-state index contributed by atoms with van der Waals surface area (Å²) in [4.78, 5) is 16.2. The van der Waals surface area contributed by atoms with Crippen molar-refractivity contribution < 1.29 is 17.9 Å². The molecule has 0 unspecified atom stereocenters. The van der Waals surface area contributed by atoms with Crippen LogP contribution >= 0.6 is 0 Å². The Morgan fingerprint density at radius 3 is 2.30 bits per heavy atom. The molecular formula is C22H29N3O4S. The molecule has 0 bridgehead atoms. The Hall–Kier alpha value is -2.87. The van der Waals surface area contributed by atoms with E-state index in [1.165, 1.54) is 0 Å². The predicted molar refractivity (Wildman–Crippen MR) is 118 cm³/mol. The van der Waals surface area contributed by atoms with Crippen molar-refractivity contribution in [3.05, 3.63) is 59.2 Å². The maximum atomic E-state index is 12.6. The van der Waals surface area contributed by atoms with Crippen molar-refractivity contribution in [3.8, 4) is 5.75 Å². The second-order valence-corrected chi connectivity index (χ2v) is 8.57. The number of nitrogens with zero attached hydrogens (tertiary/aromatic N) is 2. The molecule has 30 heavy (non-hydrogen) atoms. The molecule has 0 fully saturated rings. The minimum atomic E-state index is -3.76. The van der Waals surface area contributed by atoms with Gasteiger partial charge in [-0.15, -0.1) is 0 Å². The molecule has 0 atom stereocenters. The van der Waals surface area contributed by atoms with Gasteiger partial charge < -0.3 is 9.64 Å². The summed E-state index contributed by atoms with van der Waals surface area (Å²) in [6, 6.07) is 12.2. The number of sulfonamides is 1. The van der Waals surface area contributed by atoms with Crippen LogP contribution in [0.1, 0.15) is 37.5 Å². The molecule has 1 N–H and O–H groups in total. The zero-order valence-corrected chi connectivity index (χ0v) is 18.9. The summed E-state index contributed by atoms with van der Waals surface area (Å²) in [5, 5.41) is 4.04. The number of likely N-dealkylation sites (N-methyl/N-ethyl adjacent to an activating group) is 1. The van der Waals surface area contributed by atoms with Crippen LogP contribution in [-0.4, -0.2) is 44.6 Å². The van der Waals surface area contributed by atoms with Gasteiger partial charge in [-0.3, -0.25) is 4.79 Å². The van der Waals surface area contributed by atoms with Crippen molar-refractivity contribution in [3.63, 3.8) is 0 Å². The number of rotatable bonds is 9. The van der Waals surface area contributed by atoms with E-state index in [0.717, 1.165) is 11.1 Å². The Morgan fingerprint density at radius 2 is 1.70 bits per heavy atom. The monoisotopic (exact) mass is 431 g/mol. The molecule has 8 heteroatoms. The highest BCUT2D eigenvalue weighted by Crippen LogP contribution is 2.17. The molecule has 2 rings (SSSR count). The third-order valence-corrected chi connectivity index (χ3v) is 6.07. The van der Waals surface area contributed by atoms with Crippen molar-refractivity contribution in [1.82, 2.24) is 9.73 Å². The fraction of sp³-hybridized carbons (Fsp3) is 0.364. The molecule has 2 aromatic rings. The fourth-order valence-electron chi connectivity index (χ4n) is 2.84. The van der Waals surface area contributed by atoms with Crippen molar-refractivity contribution >= 4 is 21.6 Å². The van der Waals surface area contributed by atoms with E-state index < -0.39 is 10.0 Å². The lowest BCUT2D eigenvalue weighted by atomic mass is 10.1. The van der Waals surface area contributed by atoms with Crippen molar-refractivity contribution in [2.24, 2.45) is 5.10 Å². The highest BCUT2D eigenvalue weighted by atomic mass is 32.2. The van der Waals surface area contributed by atoms with Crippen LogP contribution in [0.5, 0.6) is 5.75 Å². The van der Waals surface area contributed by atoms with Gasteiger partial charge in [0.05, 0.1) is 10.6 Å². The highest BCUT2D eigenvalue weighted by Gasteiger charge is 2.16. The third-order valence-electron chi connectivity index (χ3n) is 4.72. The first-order chi connectivity index (χ1) is 14.2. The maximum absolute atomic E-state index is 12.6. The van der Waals surface area contributed by atoms with Gasteiger partial charge in [-0.2, -0.15) is 18.4 Å². The molecule has 1 amide bonds. The van der Waals surface area contributed by atoms with Gasteiger partial charge in [-0.05, 0) is 81.6 Å². The Bertz CT molecular complexity index is 1010. The lowest BCUT2D eigenvalue weighted by Crippen LogP contribution is -2.34. The molecule has 0 saturated carbocycles. The van der Waals surface area contributed by atoms with Gasteiger partial charge in [-0.25, -0.2) is 0 Å². The minimum absolute atomic E-state index is 0.0241. The SMILES string of the molecule is CCN(CC)C(=O)COc1ccc(/C(C)=N\NS(=O)(=O)c2cc(C)ccc2C)cc1. The van der Waals surface area contributed by atoms with Gasteiger partial charge >= 0.3 is 0 Å². The van der Waals surface area contributed by atoms with Crippen molar-refractivity contribution in [1.29, 1.82) is 0 Å². The summed E-state index contributed by atoms with van der Waals surface area (Å²) in [6.07, 6.45) is 0. The van der Waals surface area contributed by atoms with E-state index in [2.05, 4.69) is 9.93 Å².